The van der Waals surface area contributed by atoms with Crippen LogP contribution in [0.4, 0.5) is 14.5 Å². The molecule has 6 heteroatoms. The second kappa shape index (κ2) is 5.87. The smallest absolute Gasteiger partial charge is 0.257 e. The predicted molar refractivity (Wildman–Crippen MR) is 75.5 cm³/mol. The number of nitrogens with two attached hydrogens (primary N) is 1. The molecule has 0 unspecified atom stereocenters. The maximum atomic E-state index is 13.8. The number of aryl methyl sites for hydroxylation is 1. The van der Waals surface area contributed by atoms with E-state index in [-0.39, 0.29) is 17.8 Å². The molecule has 0 bridgehead atoms. The van der Waals surface area contributed by atoms with Gasteiger partial charge in [-0.05, 0) is 31.2 Å². The molecule has 0 saturated heterocycles. The maximum Gasteiger partial charge on any atom is 0.257 e. The van der Waals surface area contributed by atoms with E-state index >= 15 is 0 Å². The molecule has 1 aromatic carbocycles. The van der Waals surface area contributed by atoms with E-state index in [4.69, 9.17) is 5.73 Å². The lowest BCUT2D eigenvalue weighted by molar-refractivity contribution is 0.0778. The van der Waals surface area contributed by atoms with Crippen LogP contribution in [0.3, 0.4) is 0 Å². The topological polar surface area (TPSA) is 59.2 Å². The summed E-state index contributed by atoms with van der Waals surface area (Å²) in [6.07, 6.45) is 0. The molecule has 21 heavy (non-hydrogen) atoms. The molecule has 1 amide bonds. The summed E-state index contributed by atoms with van der Waals surface area (Å²) in [5.41, 5.74) is 6.04. The van der Waals surface area contributed by atoms with Gasteiger partial charge in [0.05, 0.1) is 23.5 Å². The number of hydrogen-bond donors (Lipinski definition) is 1. The van der Waals surface area contributed by atoms with Gasteiger partial charge in [-0.15, -0.1) is 0 Å². The molecule has 0 atom stereocenters. The minimum atomic E-state index is -0.912. The largest absolute Gasteiger partial charge is 0.396 e. The second-order valence-electron chi connectivity index (χ2n) is 4.79. The zero-order chi connectivity index (χ0) is 15.6. The molecule has 0 radical (unpaired) electrons. The molecule has 0 fully saturated rings. The number of hydrogen-bond acceptors (Lipinski definition) is 3. The zero-order valence-corrected chi connectivity index (χ0v) is 11.7. The Morgan fingerprint density at radius 3 is 2.71 bits per heavy atom. The zero-order valence-electron chi connectivity index (χ0n) is 11.7. The van der Waals surface area contributed by atoms with Crippen molar-refractivity contribution in [1.29, 1.82) is 0 Å². The fraction of sp³-hybridized carbons (Fsp3) is 0.200. The number of nitrogen functional groups attached to an aromatic ring is 1. The number of nitrogens with zero attached hydrogens (tertiary/aromatic N) is 2. The van der Waals surface area contributed by atoms with E-state index in [0.717, 1.165) is 17.8 Å². The van der Waals surface area contributed by atoms with E-state index in [1.165, 1.54) is 11.9 Å². The third kappa shape index (κ3) is 3.34. The maximum absolute atomic E-state index is 13.8. The van der Waals surface area contributed by atoms with Crippen LogP contribution in [0.25, 0.3) is 0 Å². The van der Waals surface area contributed by atoms with Crippen molar-refractivity contribution in [2.24, 2.45) is 0 Å². The molecule has 1 heterocycles. The average Bonchev–Trinajstić information content (AvgIpc) is 2.42. The Bertz CT molecular complexity index is 689. The minimum Gasteiger partial charge on any atom is -0.396 e. The fourth-order valence-corrected chi connectivity index (χ4v) is 1.97. The quantitative estimate of drug-likeness (QED) is 0.884. The van der Waals surface area contributed by atoms with Gasteiger partial charge in [0, 0.05) is 12.7 Å². The van der Waals surface area contributed by atoms with E-state index in [1.54, 1.807) is 6.07 Å². The molecule has 0 aliphatic heterocycles. The molecule has 0 aliphatic rings. The highest BCUT2D eigenvalue weighted by Crippen LogP contribution is 2.19. The van der Waals surface area contributed by atoms with Gasteiger partial charge in [-0.3, -0.25) is 9.78 Å². The molecule has 2 aromatic rings. The summed E-state index contributed by atoms with van der Waals surface area (Å²) in [7, 11) is 1.49. The van der Waals surface area contributed by atoms with Crippen molar-refractivity contribution in [3.8, 4) is 0 Å². The minimum absolute atomic E-state index is 0.191. The SMILES string of the molecule is Cc1cccc(CN(C)C(=O)c2cc(F)cc(N)c2F)n1. The lowest BCUT2D eigenvalue weighted by Gasteiger charge is -2.18. The van der Waals surface area contributed by atoms with Gasteiger partial charge >= 0.3 is 0 Å². The number of anilines is 1. The molecule has 0 saturated carbocycles. The van der Waals surface area contributed by atoms with Crippen LogP contribution in [-0.4, -0.2) is 22.8 Å². The number of carbonyl (C=O) groups excluding carboxylic acids is 1. The Morgan fingerprint density at radius 2 is 2.05 bits per heavy atom. The number of carbonyl (C=O) groups is 1. The van der Waals surface area contributed by atoms with Crippen molar-refractivity contribution in [3.63, 3.8) is 0 Å². The van der Waals surface area contributed by atoms with E-state index in [0.29, 0.717) is 5.69 Å². The number of amides is 1. The Hall–Kier alpha value is -2.50. The Labute approximate surface area is 121 Å². The molecule has 0 spiro atoms. The Morgan fingerprint density at radius 1 is 1.33 bits per heavy atom. The summed E-state index contributed by atoms with van der Waals surface area (Å²) in [5.74, 6) is -2.31. The average molecular weight is 291 g/mol. The van der Waals surface area contributed by atoms with Gasteiger partial charge in [0.2, 0.25) is 0 Å². The summed E-state index contributed by atoms with van der Waals surface area (Å²) in [5, 5.41) is 0. The lowest BCUT2D eigenvalue weighted by atomic mass is 10.1. The van der Waals surface area contributed by atoms with E-state index in [9.17, 15) is 13.6 Å². The monoisotopic (exact) mass is 291 g/mol. The first-order valence-electron chi connectivity index (χ1n) is 6.31. The first kappa shape index (κ1) is 14.9. The molecule has 2 rings (SSSR count). The van der Waals surface area contributed by atoms with E-state index < -0.39 is 17.5 Å². The van der Waals surface area contributed by atoms with Crippen molar-refractivity contribution in [1.82, 2.24) is 9.88 Å². The molecular weight excluding hydrogens is 276 g/mol. The molecule has 0 aliphatic carbocycles. The van der Waals surface area contributed by atoms with Crippen LogP contribution in [0.5, 0.6) is 0 Å². The predicted octanol–water partition coefficient (Wildman–Crippen LogP) is 2.52. The summed E-state index contributed by atoms with van der Waals surface area (Å²) in [6, 6.07) is 7.09. The summed E-state index contributed by atoms with van der Waals surface area (Å²) >= 11 is 0. The van der Waals surface area contributed by atoms with Crippen molar-refractivity contribution >= 4 is 11.6 Å². The number of benzene rings is 1. The van der Waals surface area contributed by atoms with Gasteiger partial charge in [0.15, 0.2) is 5.82 Å². The molecule has 1 aromatic heterocycles. The first-order chi connectivity index (χ1) is 9.88. The Kier molecular flexibility index (Phi) is 4.16. The third-order valence-electron chi connectivity index (χ3n) is 2.99. The van der Waals surface area contributed by atoms with Crippen molar-refractivity contribution < 1.29 is 13.6 Å². The summed E-state index contributed by atoms with van der Waals surface area (Å²) in [4.78, 5) is 17.7. The summed E-state index contributed by atoms with van der Waals surface area (Å²) < 4.78 is 27.1. The van der Waals surface area contributed by atoms with Crippen molar-refractivity contribution in [3.05, 3.63) is 58.9 Å². The number of aromatic nitrogens is 1. The van der Waals surface area contributed by atoms with Crippen molar-refractivity contribution in [2.45, 2.75) is 13.5 Å². The standard InChI is InChI=1S/C15H15F2N3O/c1-9-4-3-5-11(19-9)8-20(2)15(21)12-6-10(16)7-13(18)14(12)17/h3-7H,8,18H2,1-2H3. The third-order valence-corrected chi connectivity index (χ3v) is 2.99. The Balaban J connectivity index is 2.24. The normalized spacial score (nSPS) is 10.5. The van der Waals surface area contributed by atoms with Crippen LogP contribution in [0.1, 0.15) is 21.7 Å². The van der Waals surface area contributed by atoms with Gasteiger partial charge in [-0.1, -0.05) is 6.07 Å². The second-order valence-corrected chi connectivity index (χ2v) is 4.79. The number of pyridine rings is 1. The number of halogens is 2. The van der Waals surface area contributed by atoms with Crippen LogP contribution in [-0.2, 0) is 6.54 Å². The van der Waals surface area contributed by atoms with Crippen LogP contribution in [0.2, 0.25) is 0 Å². The molecular formula is C15H15F2N3O. The van der Waals surface area contributed by atoms with Gasteiger partial charge < -0.3 is 10.6 Å². The highest BCUT2D eigenvalue weighted by atomic mass is 19.1. The van der Waals surface area contributed by atoms with Crippen LogP contribution in [0, 0.1) is 18.6 Å². The van der Waals surface area contributed by atoms with E-state index in [1.807, 2.05) is 19.1 Å². The fourth-order valence-electron chi connectivity index (χ4n) is 1.97. The summed E-state index contributed by atoms with van der Waals surface area (Å²) in [6.45, 7) is 2.02. The molecule has 2 N–H and O–H groups in total. The van der Waals surface area contributed by atoms with Gasteiger partial charge in [-0.25, -0.2) is 8.78 Å². The number of rotatable bonds is 3. The van der Waals surface area contributed by atoms with Gasteiger partial charge in [0.1, 0.15) is 5.82 Å². The van der Waals surface area contributed by atoms with Crippen molar-refractivity contribution in [2.75, 3.05) is 12.8 Å². The van der Waals surface area contributed by atoms with Crippen LogP contribution in [0.15, 0.2) is 30.3 Å². The first-order valence-corrected chi connectivity index (χ1v) is 6.31. The molecule has 4 nitrogen and oxygen atoms in total. The van der Waals surface area contributed by atoms with Gasteiger partial charge in [0.25, 0.3) is 5.91 Å². The lowest BCUT2D eigenvalue weighted by Crippen LogP contribution is -2.28. The van der Waals surface area contributed by atoms with Crippen LogP contribution < -0.4 is 5.73 Å². The van der Waals surface area contributed by atoms with Gasteiger partial charge in [-0.2, -0.15) is 0 Å². The van der Waals surface area contributed by atoms with E-state index in [2.05, 4.69) is 4.98 Å². The highest BCUT2D eigenvalue weighted by molar-refractivity contribution is 5.95. The highest BCUT2D eigenvalue weighted by Gasteiger charge is 2.20. The molecule has 110 valence electrons. The van der Waals surface area contributed by atoms with Crippen LogP contribution >= 0.6 is 0 Å².